The highest BCUT2D eigenvalue weighted by Crippen LogP contribution is 2.42. The number of para-hydroxylation sites is 1. The molecular formula is C18H20N4O. The maximum Gasteiger partial charge on any atom is 0.227 e. The molecule has 3 heterocycles. The molecule has 5 heteroatoms. The number of carbonyl (C=O) groups excluding carboxylic acids is 1. The summed E-state index contributed by atoms with van der Waals surface area (Å²) in [5.74, 6) is 1.00. The lowest BCUT2D eigenvalue weighted by molar-refractivity contribution is -0.117. The number of hydrogen-bond acceptors (Lipinski definition) is 4. The lowest BCUT2D eigenvalue weighted by atomic mass is 9.86. The Morgan fingerprint density at radius 2 is 1.87 bits per heavy atom. The molecule has 2 fully saturated rings. The van der Waals surface area contributed by atoms with Crippen molar-refractivity contribution in [2.45, 2.75) is 19.8 Å². The Bertz CT molecular complexity index is 733. The highest BCUT2D eigenvalue weighted by Gasteiger charge is 2.48. The van der Waals surface area contributed by atoms with Crippen molar-refractivity contribution >= 4 is 17.5 Å². The van der Waals surface area contributed by atoms with Gasteiger partial charge in [0.2, 0.25) is 11.9 Å². The molecule has 0 radical (unpaired) electrons. The van der Waals surface area contributed by atoms with E-state index in [1.54, 1.807) is 12.4 Å². The molecule has 1 amide bonds. The van der Waals surface area contributed by atoms with Crippen LogP contribution in [0.3, 0.4) is 0 Å². The van der Waals surface area contributed by atoms with Crippen LogP contribution in [0.2, 0.25) is 0 Å². The van der Waals surface area contributed by atoms with Crippen LogP contribution in [0, 0.1) is 12.3 Å². The molecule has 1 atom stereocenters. The third-order valence-corrected chi connectivity index (χ3v) is 5.00. The first kappa shape index (κ1) is 14.2. The lowest BCUT2D eigenvalue weighted by Crippen LogP contribution is -2.32. The van der Waals surface area contributed by atoms with Crippen molar-refractivity contribution in [2.75, 3.05) is 29.4 Å². The largest absolute Gasteiger partial charge is 0.340 e. The van der Waals surface area contributed by atoms with Crippen molar-refractivity contribution in [3.05, 3.63) is 48.3 Å². The third-order valence-electron chi connectivity index (χ3n) is 5.00. The van der Waals surface area contributed by atoms with Crippen molar-refractivity contribution in [3.8, 4) is 0 Å². The molecule has 0 aliphatic carbocycles. The van der Waals surface area contributed by atoms with Gasteiger partial charge in [-0.05, 0) is 31.0 Å². The molecule has 2 aromatic rings. The van der Waals surface area contributed by atoms with E-state index < -0.39 is 0 Å². The maximum atomic E-state index is 12.6. The van der Waals surface area contributed by atoms with Crippen LogP contribution in [-0.4, -0.2) is 35.5 Å². The van der Waals surface area contributed by atoms with Crippen LogP contribution < -0.4 is 9.80 Å². The summed E-state index contributed by atoms with van der Waals surface area (Å²) in [6.07, 6.45) is 5.17. The number of nitrogens with zero attached hydrogens (tertiary/aromatic N) is 4. The summed E-state index contributed by atoms with van der Waals surface area (Å²) < 4.78 is 0. The SMILES string of the molecule is Cc1ccccc1N1CC2(CCN(c3ncccn3)C2)CC1=O. The van der Waals surface area contributed by atoms with Crippen molar-refractivity contribution in [3.63, 3.8) is 0 Å². The number of anilines is 2. The second kappa shape index (κ2) is 5.33. The molecule has 1 unspecified atom stereocenters. The van der Waals surface area contributed by atoms with E-state index in [-0.39, 0.29) is 11.3 Å². The zero-order valence-electron chi connectivity index (χ0n) is 13.3. The quantitative estimate of drug-likeness (QED) is 0.855. The number of aromatic nitrogens is 2. The van der Waals surface area contributed by atoms with Gasteiger partial charge in [-0.15, -0.1) is 0 Å². The summed E-state index contributed by atoms with van der Waals surface area (Å²) in [6, 6.07) is 9.94. The Balaban J connectivity index is 1.56. The van der Waals surface area contributed by atoms with Gasteiger partial charge in [-0.3, -0.25) is 4.79 Å². The van der Waals surface area contributed by atoms with Crippen LogP contribution in [0.4, 0.5) is 11.6 Å². The zero-order chi connectivity index (χ0) is 15.9. The van der Waals surface area contributed by atoms with Gasteiger partial charge >= 0.3 is 0 Å². The van der Waals surface area contributed by atoms with Crippen LogP contribution in [0.5, 0.6) is 0 Å². The Labute approximate surface area is 136 Å². The van der Waals surface area contributed by atoms with Gasteiger partial charge in [-0.25, -0.2) is 9.97 Å². The molecule has 2 aliphatic heterocycles. The van der Waals surface area contributed by atoms with Crippen LogP contribution in [0.25, 0.3) is 0 Å². The Kier molecular flexibility index (Phi) is 3.29. The van der Waals surface area contributed by atoms with Crippen molar-refractivity contribution < 1.29 is 4.79 Å². The second-order valence-corrected chi connectivity index (χ2v) is 6.66. The van der Waals surface area contributed by atoms with Crippen LogP contribution in [0.15, 0.2) is 42.7 Å². The minimum absolute atomic E-state index is 0.0264. The molecule has 0 saturated carbocycles. The van der Waals surface area contributed by atoms with Gasteiger partial charge in [0.15, 0.2) is 0 Å². The zero-order valence-corrected chi connectivity index (χ0v) is 13.3. The first-order chi connectivity index (χ1) is 11.2. The van der Waals surface area contributed by atoms with E-state index in [9.17, 15) is 4.79 Å². The molecule has 1 aromatic carbocycles. The minimum atomic E-state index is 0.0264. The monoisotopic (exact) mass is 308 g/mol. The van der Waals surface area contributed by atoms with E-state index in [2.05, 4.69) is 27.9 Å². The molecule has 23 heavy (non-hydrogen) atoms. The summed E-state index contributed by atoms with van der Waals surface area (Å²) in [6.45, 7) is 4.62. The van der Waals surface area contributed by atoms with Gasteiger partial charge in [-0.1, -0.05) is 18.2 Å². The number of carbonyl (C=O) groups is 1. The van der Waals surface area contributed by atoms with Crippen LogP contribution in [-0.2, 0) is 4.79 Å². The van der Waals surface area contributed by atoms with Gasteiger partial charge in [0.1, 0.15) is 0 Å². The van der Waals surface area contributed by atoms with Gasteiger partial charge in [0, 0.05) is 49.6 Å². The summed E-state index contributed by atoms with van der Waals surface area (Å²) >= 11 is 0. The molecule has 118 valence electrons. The fourth-order valence-corrected chi connectivity index (χ4v) is 3.82. The number of hydrogen-bond donors (Lipinski definition) is 0. The van der Waals surface area contributed by atoms with E-state index >= 15 is 0 Å². The lowest BCUT2D eigenvalue weighted by Gasteiger charge is -2.25. The normalized spacial score (nSPS) is 24.0. The van der Waals surface area contributed by atoms with Gasteiger partial charge in [0.05, 0.1) is 0 Å². The summed E-state index contributed by atoms with van der Waals surface area (Å²) in [5, 5.41) is 0. The van der Waals surface area contributed by atoms with E-state index in [0.717, 1.165) is 43.3 Å². The molecule has 1 spiro atoms. The van der Waals surface area contributed by atoms with Gasteiger partial charge in [0.25, 0.3) is 0 Å². The average Bonchev–Trinajstić information content (AvgIpc) is 3.12. The summed E-state index contributed by atoms with van der Waals surface area (Å²) in [7, 11) is 0. The summed E-state index contributed by atoms with van der Waals surface area (Å²) in [5.41, 5.74) is 2.22. The van der Waals surface area contributed by atoms with Crippen LogP contribution in [0.1, 0.15) is 18.4 Å². The number of benzene rings is 1. The van der Waals surface area contributed by atoms with Crippen molar-refractivity contribution in [2.24, 2.45) is 5.41 Å². The second-order valence-electron chi connectivity index (χ2n) is 6.66. The average molecular weight is 308 g/mol. The van der Waals surface area contributed by atoms with E-state index in [4.69, 9.17) is 0 Å². The van der Waals surface area contributed by atoms with Crippen LogP contribution >= 0.6 is 0 Å². The Hall–Kier alpha value is -2.43. The van der Waals surface area contributed by atoms with Gasteiger partial charge < -0.3 is 9.80 Å². The minimum Gasteiger partial charge on any atom is -0.340 e. The van der Waals surface area contributed by atoms with Crippen molar-refractivity contribution in [1.29, 1.82) is 0 Å². The Morgan fingerprint density at radius 3 is 2.65 bits per heavy atom. The van der Waals surface area contributed by atoms with E-state index in [1.165, 1.54) is 0 Å². The Morgan fingerprint density at radius 1 is 1.09 bits per heavy atom. The van der Waals surface area contributed by atoms with Gasteiger partial charge in [-0.2, -0.15) is 0 Å². The predicted octanol–water partition coefficient (Wildman–Crippen LogP) is 2.42. The standard InChI is InChI=1S/C18H20N4O/c1-14-5-2-3-6-15(14)22-13-18(11-16(22)23)7-10-21(12-18)17-19-8-4-9-20-17/h2-6,8-9H,7,10-13H2,1H3. The first-order valence-electron chi connectivity index (χ1n) is 8.05. The molecule has 5 nitrogen and oxygen atoms in total. The highest BCUT2D eigenvalue weighted by atomic mass is 16.2. The first-order valence-corrected chi connectivity index (χ1v) is 8.05. The summed E-state index contributed by atoms with van der Waals surface area (Å²) in [4.78, 5) is 25.5. The van der Waals surface area contributed by atoms with E-state index in [1.807, 2.05) is 29.2 Å². The third kappa shape index (κ3) is 2.46. The number of aryl methyl sites for hydroxylation is 1. The maximum absolute atomic E-state index is 12.6. The fourth-order valence-electron chi connectivity index (χ4n) is 3.82. The predicted molar refractivity (Wildman–Crippen MR) is 89.4 cm³/mol. The topological polar surface area (TPSA) is 49.3 Å². The smallest absolute Gasteiger partial charge is 0.227 e. The molecule has 1 aromatic heterocycles. The molecule has 4 rings (SSSR count). The van der Waals surface area contributed by atoms with Crippen molar-refractivity contribution in [1.82, 2.24) is 9.97 Å². The highest BCUT2D eigenvalue weighted by molar-refractivity contribution is 5.97. The molecule has 0 N–H and O–H groups in total. The van der Waals surface area contributed by atoms with E-state index in [0.29, 0.717) is 6.42 Å². The number of rotatable bonds is 2. The molecule has 0 bridgehead atoms. The number of amides is 1. The molecule has 2 saturated heterocycles. The molecular weight excluding hydrogens is 288 g/mol. The fraction of sp³-hybridized carbons (Fsp3) is 0.389. The molecule has 2 aliphatic rings.